The zero-order chi connectivity index (χ0) is 13.8. The summed E-state index contributed by atoms with van der Waals surface area (Å²) in [5.74, 6) is 1.99. The smallest absolute Gasteiger partial charge is 0.118 e. The van der Waals surface area contributed by atoms with Crippen LogP contribution in [0.5, 0.6) is 5.75 Å². The highest BCUT2D eigenvalue weighted by Gasteiger charge is 2.20. The minimum atomic E-state index is 0.0654. The molecule has 0 aliphatic heterocycles. The minimum absolute atomic E-state index is 0.0654. The molecule has 0 fully saturated rings. The fourth-order valence-corrected chi connectivity index (χ4v) is 1.95. The number of hydrogen-bond acceptors (Lipinski definition) is 2. The van der Waals surface area contributed by atoms with Crippen LogP contribution in [-0.2, 0) is 6.54 Å². The summed E-state index contributed by atoms with van der Waals surface area (Å²) < 4.78 is 5.14. The molecular formula is C15H24N2O. The third kappa shape index (κ3) is 4.06. The molecule has 0 aliphatic rings. The number of methoxy groups -OCH3 is 1. The SMILES string of the molecule is COc1ccc(CN=C(N(C)C)C(C)(C)C)cc1. The summed E-state index contributed by atoms with van der Waals surface area (Å²) in [5.41, 5.74) is 1.26. The van der Waals surface area contributed by atoms with E-state index in [2.05, 4.69) is 37.8 Å². The maximum atomic E-state index is 5.14. The van der Waals surface area contributed by atoms with E-state index in [0.29, 0.717) is 6.54 Å². The van der Waals surface area contributed by atoms with Crippen molar-refractivity contribution in [2.45, 2.75) is 27.3 Å². The molecule has 0 N–H and O–H groups in total. The van der Waals surface area contributed by atoms with E-state index in [1.165, 1.54) is 5.56 Å². The molecule has 18 heavy (non-hydrogen) atoms. The molecule has 0 unspecified atom stereocenters. The van der Waals surface area contributed by atoms with Crippen molar-refractivity contribution < 1.29 is 4.74 Å². The largest absolute Gasteiger partial charge is 0.497 e. The second-order valence-electron chi connectivity index (χ2n) is 5.63. The van der Waals surface area contributed by atoms with Gasteiger partial charge in [-0.15, -0.1) is 0 Å². The molecule has 3 nitrogen and oxygen atoms in total. The van der Waals surface area contributed by atoms with E-state index in [1.807, 2.05) is 26.2 Å². The number of ether oxygens (including phenoxy) is 1. The second-order valence-corrected chi connectivity index (χ2v) is 5.63. The number of nitrogens with zero attached hydrogens (tertiary/aromatic N) is 2. The van der Waals surface area contributed by atoms with Crippen molar-refractivity contribution in [2.24, 2.45) is 10.4 Å². The fraction of sp³-hybridized carbons (Fsp3) is 0.533. The average Bonchev–Trinajstić information content (AvgIpc) is 2.28. The predicted octanol–water partition coefficient (Wildman–Crippen LogP) is 3.20. The van der Waals surface area contributed by atoms with Crippen LogP contribution in [-0.4, -0.2) is 31.9 Å². The van der Waals surface area contributed by atoms with Crippen LogP contribution in [0.1, 0.15) is 26.3 Å². The van der Waals surface area contributed by atoms with Crippen LogP contribution in [0.3, 0.4) is 0 Å². The molecule has 0 aromatic heterocycles. The van der Waals surface area contributed by atoms with Gasteiger partial charge in [-0.25, -0.2) is 0 Å². The Bertz CT molecular complexity index is 399. The standard InChI is InChI=1S/C15H24N2O/c1-15(2,3)14(17(4)5)16-11-12-7-9-13(18-6)10-8-12/h7-10H,11H2,1-6H3. The molecule has 0 saturated carbocycles. The zero-order valence-corrected chi connectivity index (χ0v) is 12.3. The average molecular weight is 248 g/mol. The first-order valence-corrected chi connectivity index (χ1v) is 6.20. The van der Waals surface area contributed by atoms with Crippen molar-refractivity contribution in [3.8, 4) is 5.75 Å². The van der Waals surface area contributed by atoms with Gasteiger partial charge >= 0.3 is 0 Å². The van der Waals surface area contributed by atoms with Crippen LogP contribution < -0.4 is 4.74 Å². The van der Waals surface area contributed by atoms with E-state index in [0.717, 1.165) is 11.6 Å². The maximum Gasteiger partial charge on any atom is 0.118 e. The first kappa shape index (κ1) is 14.6. The van der Waals surface area contributed by atoms with E-state index < -0.39 is 0 Å². The van der Waals surface area contributed by atoms with E-state index in [4.69, 9.17) is 9.73 Å². The van der Waals surface area contributed by atoms with Crippen molar-refractivity contribution in [3.63, 3.8) is 0 Å². The van der Waals surface area contributed by atoms with Crippen molar-refractivity contribution in [1.82, 2.24) is 4.90 Å². The van der Waals surface area contributed by atoms with Gasteiger partial charge in [0.1, 0.15) is 11.6 Å². The number of hydrogen-bond donors (Lipinski definition) is 0. The molecule has 0 bridgehead atoms. The van der Waals surface area contributed by atoms with Gasteiger partial charge in [0.15, 0.2) is 0 Å². The normalized spacial score (nSPS) is 12.4. The lowest BCUT2D eigenvalue weighted by atomic mass is 9.94. The molecule has 1 aromatic carbocycles. The Morgan fingerprint density at radius 2 is 1.72 bits per heavy atom. The minimum Gasteiger partial charge on any atom is -0.497 e. The molecule has 1 rings (SSSR count). The zero-order valence-electron chi connectivity index (χ0n) is 12.3. The quantitative estimate of drug-likeness (QED) is 0.606. The Hall–Kier alpha value is -1.51. The van der Waals surface area contributed by atoms with Gasteiger partial charge in [0.2, 0.25) is 0 Å². The molecule has 100 valence electrons. The van der Waals surface area contributed by atoms with Crippen molar-refractivity contribution in [3.05, 3.63) is 29.8 Å². The number of rotatable bonds is 3. The molecule has 0 aliphatic carbocycles. The molecule has 0 spiro atoms. The summed E-state index contributed by atoms with van der Waals surface area (Å²) in [7, 11) is 5.76. The molecule has 0 heterocycles. The van der Waals surface area contributed by atoms with Crippen LogP contribution >= 0.6 is 0 Å². The van der Waals surface area contributed by atoms with Gasteiger partial charge in [-0.05, 0) is 17.7 Å². The topological polar surface area (TPSA) is 24.8 Å². The Labute approximate surface area is 110 Å². The summed E-state index contributed by atoms with van der Waals surface area (Å²) in [6, 6.07) is 8.05. The molecule has 1 aromatic rings. The van der Waals surface area contributed by atoms with Crippen LogP contribution in [0, 0.1) is 5.41 Å². The van der Waals surface area contributed by atoms with Crippen molar-refractivity contribution in [2.75, 3.05) is 21.2 Å². The molecular weight excluding hydrogens is 224 g/mol. The number of benzene rings is 1. The van der Waals surface area contributed by atoms with Crippen LogP contribution in [0.4, 0.5) is 0 Å². The van der Waals surface area contributed by atoms with Crippen molar-refractivity contribution >= 4 is 5.84 Å². The predicted molar refractivity (Wildman–Crippen MR) is 77.3 cm³/mol. The molecule has 0 radical (unpaired) electrons. The Morgan fingerprint density at radius 3 is 2.11 bits per heavy atom. The summed E-state index contributed by atoms with van der Waals surface area (Å²) >= 11 is 0. The Kier molecular flexibility index (Phi) is 4.76. The van der Waals surface area contributed by atoms with E-state index in [1.54, 1.807) is 7.11 Å². The monoisotopic (exact) mass is 248 g/mol. The van der Waals surface area contributed by atoms with Gasteiger partial charge in [0, 0.05) is 19.5 Å². The first-order valence-electron chi connectivity index (χ1n) is 6.20. The van der Waals surface area contributed by atoms with E-state index in [9.17, 15) is 0 Å². The van der Waals surface area contributed by atoms with Gasteiger partial charge in [-0.1, -0.05) is 32.9 Å². The van der Waals surface area contributed by atoms with Crippen molar-refractivity contribution in [1.29, 1.82) is 0 Å². The summed E-state index contributed by atoms with van der Waals surface area (Å²) in [6.07, 6.45) is 0. The summed E-state index contributed by atoms with van der Waals surface area (Å²) in [6.45, 7) is 7.24. The highest BCUT2D eigenvalue weighted by molar-refractivity contribution is 5.86. The molecule has 0 saturated heterocycles. The number of aliphatic imine (C=N–C) groups is 1. The van der Waals surface area contributed by atoms with Gasteiger partial charge in [0.25, 0.3) is 0 Å². The van der Waals surface area contributed by atoms with Gasteiger partial charge in [-0.2, -0.15) is 0 Å². The van der Waals surface area contributed by atoms with E-state index >= 15 is 0 Å². The molecule has 0 amide bonds. The van der Waals surface area contributed by atoms with Gasteiger partial charge in [0.05, 0.1) is 13.7 Å². The highest BCUT2D eigenvalue weighted by Crippen LogP contribution is 2.19. The first-order chi connectivity index (χ1) is 8.34. The van der Waals surface area contributed by atoms with E-state index in [-0.39, 0.29) is 5.41 Å². The van der Waals surface area contributed by atoms with Gasteiger partial charge < -0.3 is 9.64 Å². The fourth-order valence-electron chi connectivity index (χ4n) is 1.95. The van der Waals surface area contributed by atoms with Crippen LogP contribution in [0.15, 0.2) is 29.3 Å². The third-order valence-corrected chi connectivity index (χ3v) is 2.66. The molecule has 3 heteroatoms. The Morgan fingerprint density at radius 1 is 1.17 bits per heavy atom. The Balaban J connectivity index is 2.82. The number of amidine groups is 1. The van der Waals surface area contributed by atoms with Crippen LogP contribution in [0.25, 0.3) is 0 Å². The van der Waals surface area contributed by atoms with Crippen LogP contribution in [0.2, 0.25) is 0 Å². The lowest BCUT2D eigenvalue weighted by Crippen LogP contribution is -2.34. The van der Waals surface area contributed by atoms with Gasteiger partial charge in [-0.3, -0.25) is 4.99 Å². The molecule has 0 atom stereocenters. The summed E-state index contributed by atoms with van der Waals surface area (Å²) in [5, 5.41) is 0. The second kappa shape index (κ2) is 5.89. The highest BCUT2D eigenvalue weighted by atomic mass is 16.5. The maximum absolute atomic E-state index is 5.14. The lowest BCUT2D eigenvalue weighted by molar-refractivity contribution is 0.414. The third-order valence-electron chi connectivity index (χ3n) is 2.66. The lowest BCUT2D eigenvalue weighted by Gasteiger charge is -2.27. The summed E-state index contributed by atoms with van der Waals surface area (Å²) in [4.78, 5) is 6.81.